The molecule has 152 valence electrons. The van der Waals surface area contributed by atoms with E-state index in [1.54, 1.807) is 17.6 Å². The normalized spacial score (nSPS) is 19.8. The highest BCUT2D eigenvalue weighted by molar-refractivity contribution is 5.86. The van der Waals surface area contributed by atoms with Crippen molar-refractivity contribution in [3.63, 3.8) is 0 Å². The van der Waals surface area contributed by atoms with Gasteiger partial charge in [-0.05, 0) is 44.5 Å². The summed E-state index contributed by atoms with van der Waals surface area (Å²) in [5.41, 5.74) is 2.93. The Morgan fingerprint density at radius 1 is 1.30 bits per heavy atom. The summed E-state index contributed by atoms with van der Waals surface area (Å²) in [4.78, 5) is 31.1. The summed E-state index contributed by atoms with van der Waals surface area (Å²) < 4.78 is 13.2. The summed E-state index contributed by atoms with van der Waals surface area (Å²) in [5.74, 6) is 0.138. The van der Waals surface area contributed by atoms with Crippen molar-refractivity contribution in [1.29, 1.82) is 0 Å². The van der Waals surface area contributed by atoms with Crippen molar-refractivity contribution >= 4 is 16.9 Å². The molecule has 6 heteroatoms. The predicted octanol–water partition coefficient (Wildman–Crippen LogP) is 4.03. The first-order valence-electron chi connectivity index (χ1n) is 10.1. The van der Waals surface area contributed by atoms with Crippen molar-refractivity contribution < 1.29 is 14.3 Å². The Kier molecular flexibility index (Phi) is 4.07. The van der Waals surface area contributed by atoms with E-state index in [2.05, 4.69) is 6.07 Å². The number of hydrogen-bond donors (Lipinski definition) is 0. The lowest BCUT2D eigenvalue weighted by molar-refractivity contribution is -0.175. The minimum atomic E-state index is -1.33. The van der Waals surface area contributed by atoms with Crippen molar-refractivity contribution in [2.75, 3.05) is 0 Å². The minimum absolute atomic E-state index is 0.0426. The van der Waals surface area contributed by atoms with Crippen LogP contribution in [0.5, 0.6) is 0 Å². The van der Waals surface area contributed by atoms with Gasteiger partial charge in [0.05, 0.1) is 34.8 Å². The van der Waals surface area contributed by atoms with Crippen LogP contribution in [0.3, 0.4) is 0 Å². The molecule has 2 aromatic heterocycles. The Bertz CT molecular complexity index is 1300. The van der Waals surface area contributed by atoms with Gasteiger partial charge < -0.3 is 14.0 Å². The molecule has 6 nitrogen and oxygen atoms in total. The van der Waals surface area contributed by atoms with Gasteiger partial charge in [-0.1, -0.05) is 25.1 Å². The Labute approximate surface area is 173 Å². The van der Waals surface area contributed by atoms with Crippen molar-refractivity contribution in [2.24, 2.45) is 0 Å². The van der Waals surface area contributed by atoms with Gasteiger partial charge in [-0.2, -0.15) is 0 Å². The first-order valence-corrected chi connectivity index (χ1v) is 10.1. The first kappa shape index (κ1) is 18.6. The van der Waals surface area contributed by atoms with E-state index in [0.717, 1.165) is 22.2 Å². The van der Waals surface area contributed by atoms with Crippen molar-refractivity contribution in [2.45, 2.75) is 45.9 Å². The molecule has 0 saturated carbocycles. The fourth-order valence-electron chi connectivity index (χ4n) is 4.42. The average Bonchev–Trinajstić information content (AvgIpc) is 3.12. The molecule has 0 bridgehead atoms. The summed E-state index contributed by atoms with van der Waals surface area (Å²) in [7, 11) is 0. The van der Waals surface area contributed by atoms with Gasteiger partial charge in [0.1, 0.15) is 6.61 Å². The number of benzene rings is 1. The maximum absolute atomic E-state index is 13.4. The molecule has 0 N–H and O–H groups in total. The van der Waals surface area contributed by atoms with Gasteiger partial charge in [0.15, 0.2) is 0 Å². The Balaban J connectivity index is 1.78. The molecular weight excluding hydrogens is 380 g/mol. The number of rotatable bonds is 3. The number of carbonyl (C=O) groups is 1. The smallest absolute Gasteiger partial charge is 0.355 e. The molecule has 1 unspecified atom stereocenters. The van der Waals surface area contributed by atoms with Gasteiger partial charge >= 0.3 is 5.97 Å². The van der Waals surface area contributed by atoms with E-state index in [4.69, 9.17) is 14.5 Å². The topological polar surface area (TPSA) is 70.4 Å². The van der Waals surface area contributed by atoms with Crippen LogP contribution in [0.2, 0.25) is 0 Å². The molecule has 2 aliphatic rings. The quantitative estimate of drug-likeness (QED) is 0.382. The molecule has 5 rings (SSSR count). The summed E-state index contributed by atoms with van der Waals surface area (Å²) in [6.45, 7) is 5.91. The van der Waals surface area contributed by atoms with Crippen LogP contribution in [0.4, 0.5) is 0 Å². The fourth-order valence-corrected chi connectivity index (χ4v) is 4.42. The zero-order valence-corrected chi connectivity index (χ0v) is 17.2. The van der Waals surface area contributed by atoms with Crippen LogP contribution in [0, 0.1) is 0 Å². The Morgan fingerprint density at radius 3 is 2.87 bits per heavy atom. The third kappa shape index (κ3) is 2.46. The predicted molar refractivity (Wildman–Crippen MR) is 113 cm³/mol. The second-order valence-electron chi connectivity index (χ2n) is 7.76. The highest BCUT2D eigenvalue weighted by Gasteiger charge is 2.49. The number of aromatic nitrogens is 2. The number of nitrogens with zero attached hydrogens (tertiary/aromatic N) is 2. The summed E-state index contributed by atoms with van der Waals surface area (Å²) >= 11 is 0. The maximum Gasteiger partial charge on any atom is 0.355 e. The molecule has 4 heterocycles. The van der Waals surface area contributed by atoms with Crippen LogP contribution in [-0.4, -0.2) is 15.5 Å². The highest BCUT2D eigenvalue weighted by Crippen LogP contribution is 2.41. The van der Waals surface area contributed by atoms with Crippen LogP contribution in [0.1, 0.15) is 43.9 Å². The van der Waals surface area contributed by atoms with E-state index in [0.29, 0.717) is 35.5 Å². The van der Waals surface area contributed by atoms with Gasteiger partial charge in [0.2, 0.25) is 5.60 Å². The van der Waals surface area contributed by atoms with Crippen LogP contribution in [0.15, 0.2) is 53.0 Å². The van der Waals surface area contributed by atoms with Crippen LogP contribution in [0.25, 0.3) is 22.3 Å². The second kappa shape index (κ2) is 6.55. The lowest BCUT2D eigenvalue weighted by atomic mass is 9.85. The zero-order chi connectivity index (χ0) is 21.0. The molecule has 1 aromatic carbocycles. The van der Waals surface area contributed by atoms with Crippen LogP contribution < -0.4 is 5.56 Å². The summed E-state index contributed by atoms with van der Waals surface area (Å²) in [5, 5.41) is 1.04. The van der Waals surface area contributed by atoms with Crippen LogP contribution >= 0.6 is 0 Å². The zero-order valence-electron chi connectivity index (χ0n) is 17.2. The summed E-state index contributed by atoms with van der Waals surface area (Å²) in [6, 6.07) is 11.9. The number of pyridine rings is 2. The van der Waals surface area contributed by atoms with Gasteiger partial charge in [0, 0.05) is 16.5 Å². The third-order valence-electron chi connectivity index (χ3n) is 6.13. The largest absolute Gasteiger partial charge is 0.476 e. The van der Waals surface area contributed by atoms with E-state index in [9.17, 15) is 9.59 Å². The number of carbonyl (C=O) groups excluding carboxylic acids is 1. The molecule has 0 amide bonds. The van der Waals surface area contributed by atoms with Crippen molar-refractivity contribution in [3.8, 4) is 11.4 Å². The monoisotopic (exact) mass is 402 g/mol. The summed E-state index contributed by atoms with van der Waals surface area (Å²) in [6.07, 6.45) is 2.15. The van der Waals surface area contributed by atoms with Crippen LogP contribution in [-0.2, 0) is 33.0 Å². The fraction of sp³-hybridized carbons (Fsp3) is 0.292. The molecule has 0 saturated heterocycles. The molecule has 0 fully saturated rings. The van der Waals surface area contributed by atoms with E-state index in [1.807, 2.05) is 44.2 Å². The molecule has 0 radical (unpaired) electrons. The molecular formula is C24H22N2O4. The van der Waals surface area contributed by atoms with Crippen molar-refractivity contribution in [1.82, 2.24) is 9.55 Å². The maximum atomic E-state index is 13.4. The number of esters is 1. The van der Waals surface area contributed by atoms with E-state index >= 15 is 0 Å². The second-order valence-corrected chi connectivity index (χ2v) is 7.76. The molecule has 0 spiro atoms. The molecule has 1 atom stereocenters. The standard InChI is InChI=1S/C24H22N2O4/c1-4-14(3)30-24(5-2)18-11-20-21-16(10-15-8-6-7-9-19(15)25-21)12-26(20)22(27)17(18)13-29-23(24)28/h4,6-11H,5,12-13H2,1-3H3/b14-4-. The minimum Gasteiger partial charge on any atom is -0.476 e. The number of cyclic esters (lactones) is 1. The SMILES string of the molecule is C/C=C(/C)OC1(CC)C(=O)OCc2c1cc1n(c2=O)Cc2cc3ccccc3nc2-1. The number of para-hydroxylation sites is 1. The van der Waals surface area contributed by atoms with E-state index in [1.165, 1.54) is 0 Å². The van der Waals surface area contributed by atoms with Gasteiger partial charge in [-0.25, -0.2) is 9.78 Å². The van der Waals surface area contributed by atoms with E-state index in [-0.39, 0.29) is 12.2 Å². The lowest BCUT2D eigenvalue weighted by Crippen LogP contribution is -2.46. The van der Waals surface area contributed by atoms with Crippen molar-refractivity contribution in [3.05, 3.63) is 75.3 Å². The Morgan fingerprint density at radius 2 is 2.10 bits per heavy atom. The van der Waals surface area contributed by atoms with E-state index < -0.39 is 11.6 Å². The third-order valence-corrected chi connectivity index (χ3v) is 6.13. The number of hydrogen-bond acceptors (Lipinski definition) is 5. The number of fused-ring (bicyclic) bond motifs is 5. The Hall–Kier alpha value is -3.41. The molecule has 30 heavy (non-hydrogen) atoms. The van der Waals surface area contributed by atoms with Gasteiger partial charge in [-0.15, -0.1) is 0 Å². The first-order chi connectivity index (χ1) is 14.5. The molecule has 3 aromatic rings. The average molecular weight is 402 g/mol. The highest BCUT2D eigenvalue weighted by atomic mass is 16.6. The molecule has 2 aliphatic heterocycles. The lowest BCUT2D eigenvalue weighted by Gasteiger charge is -2.36. The molecule has 0 aliphatic carbocycles. The van der Waals surface area contributed by atoms with Gasteiger partial charge in [0.25, 0.3) is 5.56 Å². The number of allylic oxidation sites excluding steroid dienone is 2. The number of ether oxygens (including phenoxy) is 2. The van der Waals surface area contributed by atoms with Gasteiger partial charge in [-0.3, -0.25) is 4.79 Å².